The number of unbranched alkanes of at least 4 members (excludes halogenated alkanes) is 5. The molecule has 0 saturated carbocycles. The van der Waals surface area contributed by atoms with Crippen LogP contribution in [0.25, 0.3) is 11.1 Å². The Balaban J connectivity index is 1.44. The molecule has 0 bridgehead atoms. The minimum atomic E-state index is -0.0633. The molecule has 138 valence electrons. The van der Waals surface area contributed by atoms with E-state index in [1.807, 2.05) is 0 Å². The summed E-state index contributed by atoms with van der Waals surface area (Å²) in [6.45, 7) is 2.80. The molecular formula is C24H30O2. The predicted molar refractivity (Wildman–Crippen MR) is 107 cm³/mol. The number of hydrogen-bond acceptors (Lipinski definition) is 2. The van der Waals surface area contributed by atoms with E-state index in [0.29, 0.717) is 13.0 Å². The van der Waals surface area contributed by atoms with Gasteiger partial charge in [0.1, 0.15) is 0 Å². The number of esters is 1. The molecule has 0 fully saturated rings. The first-order valence-electron chi connectivity index (χ1n) is 10.1. The summed E-state index contributed by atoms with van der Waals surface area (Å²) in [5.74, 6) is -0.0633. The second-order valence-electron chi connectivity index (χ2n) is 7.27. The lowest BCUT2D eigenvalue weighted by atomic mass is 9.98. The molecule has 2 aromatic rings. The highest BCUT2D eigenvalue weighted by molar-refractivity contribution is 5.78. The van der Waals surface area contributed by atoms with E-state index < -0.39 is 0 Å². The van der Waals surface area contributed by atoms with Crippen LogP contribution in [0.3, 0.4) is 0 Å². The Morgan fingerprint density at radius 3 is 2.58 bits per heavy atom. The average Bonchev–Trinajstić information content (AvgIpc) is 3.05. The smallest absolute Gasteiger partial charge is 0.306 e. The van der Waals surface area contributed by atoms with Crippen LogP contribution >= 0.6 is 0 Å². The molecule has 0 aromatic heterocycles. The quantitative estimate of drug-likeness (QED) is 0.326. The molecule has 1 aliphatic carbocycles. The summed E-state index contributed by atoms with van der Waals surface area (Å²) in [7, 11) is 0. The summed E-state index contributed by atoms with van der Waals surface area (Å²) in [4.78, 5) is 12.0. The lowest BCUT2D eigenvalue weighted by Gasteiger charge is -2.09. The van der Waals surface area contributed by atoms with Crippen molar-refractivity contribution in [2.75, 3.05) is 6.61 Å². The van der Waals surface area contributed by atoms with Crippen LogP contribution in [0.5, 0.6) is 0 Å². The van der Waals surface area contributed by atoms with Crippen molar-refractivity contribution >= 4 is 5.97 Å². The fraction of sp³-hybridized carbons (Fsp3) is 0.458. The lowest BCUT2D eigenvalue weighted by molar-refractivity contribution is -0.143. The Morgan fingerprint density at radius 1 is 0.923 bits per heavy atom. The molecule has 0 saturated heterocycles. The molecule has 0 N–H and O–H groups in total. The van der Waals surface area contributed by atoms with Crippen molar-refractivity contribution in [1.82, 2.24) is 0 Å². The van der Waals surface area contributed by atoms with E-state index in [4.69, 9.17) is 4.74 Å². The fourth-order valence-electron chi connectivity index (χ4n) is 3.83. The van der Waals surface area contributed by atoms with E-state index in [9.17, 15) is 4.79 Å². The first kappa shape index (κ1) is 18.7. The number of carbonyl (C=O) groups is 1. The number of hydrogen-bond donors (Lipinski definition) is 0. The van der Waals surface area contributed by atoms with E-state index in [1.165, 1.54) is 53.5 Å². The highest BCUT2D eigenvalue weighted by Crippen LogP contribution is 2.38. The van der Waals surface area contributed by atoms with Crippen LogP contribution in [-0.2, 0) is 22.4 Å². The van der Waals surface area contributed by atoms with Gasteiger partial charge in [-0.25, -0.2) is 0 Å². The maximum atomic E-state index is 12.0. The third kappa shape index (κ3) is 4.75. The van der Waals surface area contributed by atoms with Crippen molar-refractivity contribution in [3.8, 4) is 11.1 Å². The van der Waals surface area contributed by atoms with Crippen molar-refractivity contribution in [1.29, 1.82) is 0 Å². The zero-order valence-corrected chi connectivity index (χ0v) is 15.9. The molecule has 0 radical (unpaired) electrons. The molecule has 0 spiro atoms. The topological polar surface area (TPSA) is 26.3 Å². The Labute approximate surface area is 157 Å². The van der Waals surface area contributed by atoms with E-state index in [0.717, 1.165) is 25.7 Å². The monoisotopic (exact) mass is 350 g/mol. The summed E-state index contributed by atoms with van der Waals surface area (Å²) in [6, 6.07) is 15.1. The number of rotatable bonds is 10. The first-order chi connectivity index (χ1) is 12.8. The molecule has 3 rings (SSSR count). The SMILES string of the molecule is CCCCCCCCOC(=O)CCc1cccc2c1Cc1ccccc1-2. The van der Waals surface area contributed by atoms with Crippen LogP contribution in [0.15, 0.2) is 42.5 Å². The zero-order valence-electron chi connectivity index (χ0n) is 15.9. The van der Waals surface area contributed by atoms with Gasteiger partial charge in [0, 0.05) is 6.42 Å². The maximum Gasteiger partial charge on any atom is 0.306 e. The van der Waals surface area contributed by atoms with Crippen LogP contribution in [-0.4, -0.2) is 12.6 Å². The Morgan fingerprint density at radius 2 is 1.69 bits per heavy atom. The van der Waals surface area contributed by atoms with Gasteiger partial charge in [0.25, 0.3) is 0 Å². The van der Waals surface area contributed by atoms with Crippen molar-refractivity contribution in [3.63, 3.8) is 0 Å². The van der Waals surface area contributed by atoms with Gasteiger partial charge < -0.3 is 4.74 Å². The minimum Gasteiger partial charge on any atom is -0.466 e. The van der Waals surface area contributed by atoms with Gasteiger partial charge in [-0.2, -0.15) is 0 Å². The van der Waals surface area contributed by atoms with Crippen LogP contribution in [0, 0.1) is 0 Å². The highest BCUT2D eigenvalue weighted by Gasteiger charge is 2.20. The van der Waals surface area contributed by atoms with Crippen LogP contribution < -0.4 is 0 Å². The Kier molecular flexibility index (Phi) is 6.88. The van der Waals surface area contributed by atoms with E-state index in [-0.39, 0.29) is 5.97 Å². The molecule has 2 aromatic carbocycles. The summed E-state index contributed by atoms with van der Waals surface area (Å²) in [6.07, 6.45) is 9.51. The van der Waals surface area contributed by atoms with E-state index >= 15 is 0 Å². The molecule has 0 heterocycles. The second-order valence-corrected chi connectivity index (χ2v) is 7.27. The highest BCUT2D eigenvalue weighted by atomic mass is 16.5. The summed E-state index contributed by atoms with van der Waals surface area (Å²) in [5.41, 5.74) is 6.74. The van der Waals surface area contributed by atoms with Crippen molar-refractivity contribution in [2.45, 2.75) is 64.7 Å². The van der Waals surface area contributed by atoms with Gasteiger partial charge in [-0.15, -0.1) is 0 Å². The second kappa shape index (κ2) is 9.56. The fourth-order valence-corrected chi connectivity index (χ4v) is 3.83. The lowest BCUT2D eigenvalue weighted by Crippen LogP contribution is -2.08. The molecular weight excluding hydrogens is 320 g/mol. The van der Waals surface area contributed by atoms with Crippen molar-refractivity contribution < 1.29 is 9.53 Å². The minimum absolute atomic E-state index is 0.0633. The number of ether oxygens (including phenoxy) is 1. The Bertz CT molecular complexity index is 733. The van der Waals surface area contributed by atoms with E-state index in [2.05, 4.69) is 49.4 Å². The molecule has 2 nitrogen and oxygen atoms in total. The summed E-state index contributed by atoms with van der Waals surface area (Å²) < 4.78 is 5.41. The van der Waals surface area contributed by atoms with Gasteiger partial charge in [0.05, 0.1) is 6.61 Å². The van der Waals surface area contributed by atoms with Crippen LogP contribution in [0.2, 0.25) is 0 Å². The third-order valence-electron chi connectivity index (χ3n) is 5.31. The summed E-state index contributed by atoms with van der Waals surface area (Å²) >= 11 is 0. The molecule has 0 amide bonds. The normalized spacial score (nSPS) is 11.9. The molecule has 2 heteroatoms. The molecule has 0 aliphatic heterocycles. The molecule has 1 aliphatic rings. The number of benzene rings is 2. The molecule has 0 atom stereocenters. The van der Waals surface area contributed by atoms with Crippen molar-refractivity contribution in [2.24, 2.45) is 0 Å². The maximum absolute atomic E-state index is 12.0. The van der Waals surface area contributed by atoms with Gasteiger partial charge in [0.15, 0.2) is 0 Å². The molecule has 26 heavy (non-hydrogen) atoms. The molecule has 0 unspecified atom stereocenters. The Hall–Kier alpha value is -2.09. The summed E-state index contributed by atoms with van der Waals surface area (Å²) in [5, 5.41) is 0. The standard InChI is InChI=1S/C24H30O2/c1-2-3-4-5-6-9-17-26-24(25)16-15-19-12-10-14-22-21-13-8-7-11-20(21)18-23(19)22/h7-8,10-14H,2-6,9,15-18H2,1H3. The van der Waals surface area contributed by atoms with Crippen molar-refractivity contribution in [3.05, 3.63) is 59.2 Å². The number of fused-ring (bicyclic) bond motifs is 3. The largest absolute Gasteiger partial charge is 0.466 e. The number of aryl methyl sites for hydroxylation is 1. The van der Waals surface area contributed by atoms with Crippen LogP contribution in [0.1, 0.15) is 68.6 Å². The van der Waals surface area contributed by atoms with Gasteiger partial charge in [-0.1, -0.05) is 81.5 Å². The van der Waals surface area contributed by atoms with Gasteiger partial charge in [0.2, 0.25) is 0 Å². The van der Waals surface area contributed by atoms with Gasteiger partial charge in [-0.05, 0) is 47.1 Å². The third-order valence-corrected chi connectivity index (χ3v) is 5.31. The van der Waals surface area contributed by atoms with Gasteiger partial charge in [-0.3, -0.25) is 4.79 Å². The van der Waals surface area contributed by atoms with Crippen LogP contribution in [0.4, 0.5) is 0 Å². The number of carbonyl (C=O) groups excluding carboxylic acids is 1. The van der Waals surface area contributed by atoms with Gasteiger partial charge >= 0.3 is 5.97 Å². The average molecular weight is 351 g/mol. The first-order valence-corrected chi connectivity index (χ1v) is 10.1. The van der Waals surface area contributed by atoms with E-state index in [1.54, 1.807) is 0 Å². The predicted octanol–water partition coefficient (Wildman–Crippen LogP) is 6.09. The zero-order chi connectivity index (χ0) is 18.2.